The summed E-state index contributed by atoms with van der Waals surface area (Å²) in [5.74, 6) is 0.118. The first kappa shape index (κ1) is 14.0. The summed E-state index contributed by atoms with van der Waals surface area (Å²) in [7, 11) is 0. The van der Waals surface area contributed by atoms with Gasteiger partial charge in [-0.05, 0) is 36.5 Å². The Kier molecular flexibility index (Phi) is 5.19. The second-order valence-corrected chi connectivity index (χ2v) is 6.17. The average Bonchev–Trinajstić information content (AvgIpc) is 2.61. The topological polar surface area (TPSA) is 20.2 Å². The van der Waals surface area contributed by atoms with Crippen molar-refractivity contribution in [2.24, 2.45) is 5.92 Å². The summed E-state index contributed by atoms with van der Waals surface area (Å²) in [5.41, 5.74) is 0.620. The Morgan fingerprint density at radius 3 is 2.50 bits per heavy atom. The lowest BCUT2D eigenvalue weighted by Crippen LogP contribution is -2.23. The molecule has 0 radical (unpaired) electrons. The van der Waals surface area contributed by atoms with Crippen LogP contribution in [0.25, 0.3) is 0 Å². The molecule has 2 rings (SSSR count). The maximum absolute atomic E-state index is 13.7. The quantitative estimate of drug-likeness (QED) is 0.816. The minimum atomic E-state index is -0.404. The maximum Gasteiger partial charge on any atom is 0.127 e. The second kappa shape index (κ2) is 6.67. The van der Waals surface area contributed by atoms with E-state index < -0.39 is 6.10 Å². The van der Waals surface area contributed by atoms with Crippen LogP contribution in [0.15, 0.2) is 22.7 Å². The lowest BCUT2D eigenvalue weighted by molar-refractivity contribution is 0.0977. The average molecular weight is 315 g/mol. The molecule has 0 aliphatic heterocycles. The summed E-state index contributed by atoms with van der Waals surface area (Å²) in [5, 5.41) is 10.3. The molecule has 0 spiro atoms. The predicted molar refractivity (Wildman–Crippen MR) is 75.0 cm³/mol. The number of aliphatic hydroxyl groups is 1. The molecule has 1 saturated carbocycles. The van der Waals surface area contributed by atoms with E-state index >= 15 is 0 Å². The van der Waals surface area contributed by atoms with Crippen molar-refractivity contribution in [1.29, 1.82) is 0 Å². The fourth-order valence-corrected chi connectivity index (χ4v) is 3.11. The minimum absolute atomic E-state index is 0.225. The van der Waals surface area contributed by atoms with E-state index in [4.69, 9.17) is 0 Å². The van der Waals surface area contributed by atoms with Crippen molar-refractivity contribution in [2.75, 3.05) is 0 Å². The van der Waals surface area contributed by atoms with Crippen molar-refractivity contribution >= 4 is 15.9 Å². The number of hydrogen-bond donors (Lipinski definition) is 1. The van der Waals surface area contributed by atoms with Crippen LogP contribution in [0.1, 0.15) is 44.1 Å². The van der Waals surface area contributed by atoms with Crippen LogP contribution in [0.4, 0.5) is 4.39 Å². The Balaban J connectivity index is 1.98. The van der Waals surface area contributed by atoms with Gasteiger partial charge in [0, 0.05) is 10.9 Å². The Morgan fingerprint density at radius 2 is 1.89 bits per heavy atom. The molecule has 1 fully saturated rings. The largest absolute Gasteiger partial charge is 0.392 e. The number of aliphatic hydroxyl groups excluding tert-OH is 1. The van der Waals surface area contributed by atoms with Crippen LogP contribution < -0.4 is 0 Å². The third-order valence-electron chi connectivity index (χ3n) is 3.89. The van der Waals surface area contributed by atoms with E-state index in [1.54, 1.807) is 6.07 Å². The molecule has 1 aromatic carbocycles. The van der Waals surface area contributed by atoms with E-state index in [1.807, 2.05) is 6.07 Å². The molecule has 1 aromatic rings. The van der Waals surface area contributed by atoms with E-state index in [2.05, 4.69) is 15.9 Å². The fourth-order valence-electron chi connectivity index (χ4n) is 2.77. The summed E-state index contributed by atoms with van der Waals surface area (Å²) in [6.07, 6.45) is 7.14. The molecule has 1 aliphatic rings. The van der Waals surface area contributed by atoms with Crippen LogP contribution >= 0.6 is 15.9 Å². The van der Waals surface area contributed by atoms with Crippen LogP contribution in [0, 0.1) is 11.7 Å². The summed E-state index contributed by atoms with van der Waals surface area (Å²) < 4.78 is 14.5. The number of rotatable bonds is 3. The van der Waals surface area contributed by atoms with Gasteiger partial charge >= 0.3 is 0 Å². The Hall–Kier alpha value is -0.410. The predicted octanol–water partition coefficient (Wildman–Crippen LogP) is 4.46. The highest BCUT2D eigenvalue weighted by Crippen LogP contribution is 2.28. The van der Waals surface area contributed by atoms with Gasteiger partial charge in [-0.2, -0.15) is 0 Å². The maximum atomic E-state index is 13.7. The third-order valence-corrected chi connectivity index (χ3v) is 4.38. The van der Waals surface area contributed by atoms with Crippen molar-refractivity contribution in [3.63, 3.8) is 0 Å². The van der Waals surface area contributed by atoms with E-state index in [1.165, 1.54) is 31.7 Å². The third kappa shape index (κ3) is 3.79. The van der Waals surface area contributed by atoms with Gasteiger partial charge < -0.3 is 5.11 Å². The molecule has 3 heteroatoms. The molecule has 0 aromatic heterocycles. The highest BCUT2D eigenvalue weighted by molar-refractivity contribution is 9.10. The molecule has 1 aliphatic carbocycles. The smallest absolute Gasteiger partial charge is 0.127 e. The Labute approximate surface area is 117 Å². The van der Waals surface area contributed by atoms with E-state index in [0.29, 0.717) is 17.9 Å². The van der Waals surface area contributed by atoms with Crippen LogP contribution in [0.5, 0.6) is 0 Å². The number of halogens is 2. The van der Waals surface area contributed by atoms with Gasteiger partial charge in [0.15, 0.2) is 0 Å². The Morgan fingerprint density at radius 1 is 1.22 bits per heavy atom. The van der Waals surface area contributed by atoms with Crippen LogP contribution in [0.3, 0.4) is 0 Å². The highest BCUT2D eigenvalue weighted by atomic mass is 79.9. The fraction of sp³-hybridized carbons (Fsp3) is 0.600. The van der Waals surface area contributed by atoms with Gasteiger partial charge in [0.2, 0.25) is 0 Å². The lowest BCUT2D eigenvalue weighted by Gasteiger charge is -2.21. The number of hydrogen-bond acceptors (Lipinski definition) is 1. The van der Waals surface area contributed by atoms with Gasteiger partial charge in [0.25, 0.3) is 0 Å². The molecule has 1 atom stereocenters. The molecule has 18 heavy (non-hydrogen) atoms. The van der Waals surface area contributed by atoms with Gasteiger partial charge in [-0.1, -0.05) is 47.7 Å². The van der Waals surface area contributed by atoms with Crippen LogP contribution in [0.2, 0.25) is 0 Å². The summed E-state index contributed by atoms with van der Waals surface area (Å²) >= 11 is 3.25. The molecule has 0 heterocycles. The summed E-state index contributed by atoms with van der Waals surface area (Å²) in [6.45, 7) is 0. The monoisotopic (exact) mass is 314 g/mol. The molecular formula is C15H20BrFO. The second-order valence-electron chi connectivity index (χ2n) is 5.26. The zero-order chi connectivity index (χ0) is 13.0. The first-order valence-electron chi connectivity index (χ1n) is 6.79. The molecule has 0 amide bonds. The molecule has 0 bridgehead atoms. The minimum Gasteiger partial charge on any atom is -0.392 e. The van der Waals surface area contributed by atoms with Gasteiger partial charge in [0.05, 0.1) is 6.10 Å². The molecule has 1 nitrogen and oxygen atoms in total. The van der Waals surface area contributed by atoms with E-state index in [0.717, 1.165) is 17.3 Å². The SMILES string of the molecule is OC(Cc1ccc(Br)cc1F)C1CCCCCC1. The molecular weight excluding hydrogens is 295 g/mol. The first-order valence-corrected chi connectivity index (χ1v) is 7.58. The molecule has 100 valence electrons. The zero-order valence-electron chi connectivity index (χ0n) is 10.5. The van der Waals surface area contributed by atoms with E-state index in [9.17, 15) is 9.50 Å². The van der Waals surface area contributed by atoms with Crippen molar-refractivity contribution < 1.29 is 9.50 Å². The summed E-state index contributed by atoms with van der Waals surface area (Å²) in [4.78, 5) is 0. The van der Waals surface area contributed by atoms with Gasteiger partial charge in [-0.15, -0.1) is 0 Å². The molecule has 1 N–H and O–H groups in total. The van der Waals surface area contributed by atoms with Crippen molar-refractivity contribution in [1.82, 2.24) is 0 Å². The summed E-state index contributed by atoms with van der Waals surface area (Å²) in [6, 6.07) is 5.06. The standard InChI is InChI=1S/C15H20BrFO/c16-13-8-7-12(14(17)10-13)9-15(18)11-5-3-1-2-4-6-11/h7-8,10-11,15,18H,1-6,9H2. The van der Waals surface area contributed by atoms with E-state index in [-0.39, 0.29) is 5.82 Å². The first-order chi connectivity index (χ1) is 8.66. The van der Waals surface area contributed by atoms with Crippen molar-refractivity contribution in [3.05, 3.63) is 34.1 Å². The van der Waals surface area contributed by atoms with Crippen LogP contribution in [-0.2, 0) is 6.42 Å². The van der Waals surface area contributed by atoms with Gasteiger partial charge in [-0.25, -0.2) is 4.39 Å². The van der Waals surface area contributed by atoms with Gasteiger partial charge in [0.1, 0.15) is 5.82 Å². The molecule has 0 saturated heterocycles. The highest BCUT2D eigenvalue weighted by Gasteiger charge is 2.21. The van der Waals surface area contributed by atoms with Crippen molar-refractivity contribution in [3.8, 4) is 0 Å². The Bertz CT molecular complexity index is 386. The van der Waals surface area contributed by atoms with Crippen molar-refractivity contribution in [2.45, 2.75) is 51.0 Å². The zero-order valence-corrected chi connectivity index (χ0v) is 12.1. The molecule has 1 unspecified atom stereocenters. The van der Waals surface area contributed by atoms with Crippen LogP contribution in [-0.4, -0.2) is 11.2 Å². The number of benzene rings is 1. The normalized spacial score (nSPS) is 19.5. The van der Waals surface area contributed by atoms with Gasteiger partial charge in [-0.3, -0.25) is 0 Å². The lowest BCUT2D eigenvalue weighted by atomic mass is 9.90.